The van der Waals surface area contributed by atoms with E-state index in [0.717, 1.165) is 55.5 Å². The van der Waals surface area contributed by atoms with Crippen molar-refractivity contribution in [2.24, 2.45) is 5.41 Å². The quantitative estimate of drug-likeness (QED) is 0.0203. The number of nitrogens with one attached hydrogen (secondary N) is 5. The Bertz CT molecular complexity index is 1650. The molecule has 17 heteroatoms. The molecule has 320 valence electrons. The molecular formula is C41H58F3N6O8+. The second-order valence-electron chi connectivity index (χ2n) is 15.3. The number of amides is 3. The number of alkyl halides is 3. The van der Waals surface area contributed by atoms with E-state index in [0.29, 0.717) is 42.3 Å². The molecule has 0 radical (unpaired) electrons. The first-order chi connectivity index (χ1) is 27.5. The second-order valence-corrected chi connectivity index (χ2v) is 15.3. The van der Waals surface area contributed by atoms with Crippen LogP contribution in [-0.4, -0.2) is 105 Å². The fourth-order valence-corrected chi connectivity index (χ4v) is 6.19. The van der Waals surface area contributed by atoms with Crippen LogP contribution in [0.5, 0.6) is 0 Å². The summed E-state index contributed by atoms with van der Waals surface area (Å²) in [6.07, 6.45) is 3.19. The number of ether oxygens (including phenoxy) is 2. The average molecular weight is 820 g/mol. The largest absolute Gasteiger partial charge is 0.481 e. The molecule has 7 N–H and O–H groups in total. The van der Waals surface area contributed by atoms with Crippen LogP contribution in [0.3, 0.4) is 0 Å². The van der Waals surface area contributed by atoms with Crippen LogP contribution in [0.15, 0.2) is 48.5 Å². The van der Waals surface area contributed by atoms with E-state index in [1.54, 1.807) is 0 Å². The third-order valence-corrected chi connectivity index (χ3v) is 9.73. The smallest absolute Gasteiger partial charge is 0.418 e. The number of aliphatic carboxylic acids is 1. The van der Waals surface area contributed by atoms with E-state index in [4.69, 9.17) is 21.0 Å². The molecule has 1 aliphatic rings. The molecule has 2 atom stereocenters. The summed E-state index contributed by atoms with van der Waals surface area (Å²) < 4.78 is 50.9. The fourth-order valence-electron chi connectivity index (χ4n) is 6.19. The van der Waals surface area contributed by atoms with Crippen LogP contribution >= 0.6 is 0 Å². The molecule has 3 rings (SSSR count). The summed E-state index contributed by atoms with van der Waals surface area (Å²) >= 11 is 0. The van der Waals surface area contributed by atoms with Gasteiger partial charge >= 0.3 is 12.1 Å². The number of rotatable bonds is 24. The number of benzene rings is 2. The van der Waals surface area contributed by atoms with Gasteiger partial charge in [-0.3, -0.25) is 24.6 Å². The third-order valence-electron chi connectivity index (χ3n) is 9.73. The topological polar surface area (TPSA) is 187 Å². The summed E-state index contributed by atoms with van der Waals surface area (Å²) in [5.74, 6) is 0.147. The number of carboxylic acids is 1. The minimum atomic E-state index is -4.82. The van der Waals surface area contributed by atoms with Crippen molar-refractivity contribution < 1.29 is 56.5 Å². The first-order valence-electron chi connectivity index (χ1n) is 19.4. The van der Waals surface area contributed by atoms with E-state index in [2.05, 4.69) is 53.9 Å². The van der Waals surface area contributed by atoms with Crippen molar-refractivity contribution in [2.75, 3.05) is 59.3 Å². The number of quaternary nitrogens is 1. The summed E-state index contributed by atoms with van der Waals surface area (Å²) in [5, 5.41) is 26.5. The van der Waals surface area contributed by atoms with E-state index < -0.39 is 41.8 Å². The molecule has 1 aliphatic heterocycles. The molecule has 2 aromatic rings. The Hall–Kier alpha value is -4.57. The predicted molar refractivity (Wildman–Crippen MR) is 210 cm³/mol. The Morgan fingerprint density at radius 3 is 2.09 bits per heavy atom. The Morgan fingerprint density at radius 2 is 1.50 bits per heavy atom. The zero-order valence-corrected chi connectivity index (χ0v) is 33.5. The van der Waals surface area contributed by atoms with E-state index in [1.165, 1.54) is 12.1 Å². The van der Waals surface area contributed by atoms with Crippen LogP contribution in [-0.2, 0) is 35.1 Å². The Balaban J connectivity index is 1.41. The van der Waals surface area contributed by atoms with Gasteiger partial charge in [0.25, 0.3) is 0 Å². The minimum absolute atomic E-state index is 0.0363. The first kappa shape index (κ1) is 47.8. The number of unbranched alkanes of at least 4 members (excludes halogenated alkanes) is 4. The third kappa shape index (κ3) is 15.6. The highest BCUT2D eigenvalue weighted by atomic mass is 19.4. The number of terminal acetylenes is 1. The van der Waals surface area contributed by atoms with Crippen LogP contribution in [0.25, 0.3) is 0 Å². The molecule has 0 saturated carbocycles. The first-order valence-corrected chi connectivity index (χ1v) is 19.4. The summed E-state index contributed by atoms with van der Waals surface area (Å²) in [7, 11) is 6.22. The predicted octanol–water partition coefficient (Wildman–Crippen LogP) is 4.08. The van der Waals surface area contributed by atoms with Crippen molar-refractivity contribution in [3.8, 4) is 12.3 Å². The van der Waals surface area contributed by atoms with Gasteiger partial charge in [-0.25, -0.2) is 5.43 Å². The summed E-state index contributed by atoms with van der Waals surface area (Å²) in [6.45, 7) is 0.0694. The van der Waals surface area contributed by atoms with E-state index in [9.17, 15) is 37.5 Å². The molecule has 1 fully saturated rings. The number of carbonyl (C=O) groups is 4. The Labute approximate surface area is 338 Å². The molecule has 1 saturated heterocycles. The van der Waals surface area contributed by atoms with Gasteiger partial charge < -0.3 is 40.1 Å². The number of aliphatic hydroxyl groups excluding tert-OH is 1. The van der Waals surface area contributed by atoms with Crippen molar-refractivity contribution in [1.82, 2.24) is 21.5 Å². The van der Waals surface area contributed by atoms with Crippen molar-refractivity contribution in [3.63, 3.8) is 0 Å². The summed E-state index contributed by atoms with van der Waals surface area (Å²) in [4.78, 5) is 49.6. The number of halogens is 3. The van der Waals surface area contributed by atoms with Crippen molar-refractivity contribution in [3.05, 3.63) is 65.2 Å². The van der Waals surface area contributed by atoms with E-state index in [-0.39, 0.29) is 50.4 Å². The van der Waals surface area contributed by atoms with Crippen molar-refractivity contribution in [2.45, 2.75) is 88.9 Å². The van der Waals surface area contributed by atoms with Gasteiger partial charge in [0.1, 0.15) is 0 Å². The lowest BCUT2D eigenvalue weighted by Gasteiger charge is -2.37. The van der Waals surface area contributed by atoms with Crippen LogP contribution in [0.1, 0.15) is 86.9 Å². The van der Waals surface area contributed by atoms with Gasteiger partial charge in [0.2, 0.25) is 17.7 Å². The monoisotopic (exact) mass is 819 g/mol. The van der Waals surface area contributed by atoms with Crippen LogP contribution in [0.4, 0.5) is 18.9 Å². The molecule has 1 heterocycles. The van der Waals surface area contributed by atoms with Gasteiger partial charge in [0.15, 0.2) is 24.0 Å². The maximum atomic E-state index is 13.5. The molecule has 58 heavy (non-hydrogen) atoms. The number of carboxylic acid groups (broad SMARTS) is 1. The van der Waals surface area contributed by atoms with Crippen molar-refractivity contribution >= 4 is 29.4 Å². The molecular weight excluding hydrogens is 761 g/mol. The zero-order valence-electron chi connectivity index (χ0n) is 33.5. The van der Waals surface area contributed by atoms with Gasteiger partial charge in [-0.2, -0.15) is 13.2 Å². The summed E-state index contributed by atoms with van der Waals surface area (Å²) in [6, 6.07) is 12.5. The van der Waals surface area contributed by atoms with Crippen LogP contribution < -0.4 is 26.8 Å². The van der Waals surface area contributed by atoms with Gasteiger partial charge in [0, 0.05) is 43.6 Å². The lowest BCUT2D eigenvalue weighted by atomic mass is 9.86. The highest BCUT2D eigenvalue weighted by Gasteiger charge is 2.50. The lowest BCUT2D eigenvalue weighted by Crippen LogP contribution is -2.59. The number of aliphatic hydroxyl groups is 1. The Kier molecular flexibility index (Phi) is 19.1. The zero-order chi connectivity index (χ0) is 42.8. The molecule has 0 aromatic heterocycles. The normalized spacial score (nSPS) is 18.1. The molecule has 3 amide bonds. The average Bonchev–Trinajstić information content (AvgIpc) is 3.18. The molecule has 0 aliphatic carbocycles. The van der Waals surface area contributed by atoms with E-state index >= 15 is 0 Å². The molecule has 0 bridgehead atoms. The highest BCUT2D eigenvalue weighted by Crippen LogP contribution is 2.35. The molecule has 1 unspecified atom stereocenters. The van der Waals surface area contributed by atoms with Crippen LogP contribution in [0.2, 0.25) is 0 Å². The number of carbonyl (C=O) groups excluding carboxylic acids is 3. The Morgan fingerprint density at radius 1 is 0.879 bits per heavy atom. The standard InChI is InChI=1S/C41H57F3N6O8/c1-5-24-45-38(55)40(27-57-37(58-28-40)31-19-17-30(18-20-31)36(54)41(42,43)44)39(56)46-25-11-10-12-33(50(2,3)4)49-47-26-23-29-15-21-32(22-16-29)48-34(51)13-8-6-7-9-14-35(52)53/h1,15-22,33,36-37,47,49,54H,6-14,23-28H2,2-4H3,(H3-,45,46,48,51,52,53,55,56)/p+1/t33-,36?,37?,40?/m0/s1. The van der Waals surface area contributed by atoms with E-state index in [1.807, 2.05) is 24.3 Å². The van der Waals surface area contributed by atoms with Crippen LogP contribution in [0, 0.1) is 17.8 Å². The number of hydrazine groups is 1. The van der Waals surface area contributed by atoms with Crippen molar-refractivity contribution in [1.29, 1.82) is 0 Å². The number of hydrogen-bond donors (Lipinski definition) is 7. The molecule has 14 nitrogen and oxygen atoms in total. The maximum Gasteiger partial charge on any atom is 0.418 e. The number of hydrogen-bond acceptors (Lipinski definition) is 9. The minimum Gasteiger partial charge on any atom is -0.481 e. The van der Waals surface area contributed by atoms with Gasteiger partial charge in [-0.15, -0.1) is 6.42 Å². The SMILES string of the molecule is C#CCNC(=O)C1(C(=O)NCCCC[C@@H](NNCCc2ccc(NC(=O)CCCCCCC(=O)O)cc2)[N+](C)(C)C)COC(c2ccc(C(O)C(F)(F)F)cc2)OC1. The van der Waals surface area contributed by atoms with Gasteiger partial charge in [-0.05, 0) is 55.4 Å². The highest BCUT2D eigenvalue weighted by molar-refractivity contribution is 6.05. The summed E-state index contributed by atoms with van der Waals surface area (Å²) in [5.41, 5.74) is 6.79. The maximum absolute atomic E-state index is 13.5. The van der Waals surface area contributed by atoms with Gasteiger partial charge in [0.05, 0.1) is 40.9 Å². The molecule has 2 aromatic carbocycles. The lowest BCUT2D eigenvalue weighted by molar-refractivity contribution is -0.900. The second kappa shape index (κ2) is 23.1. The number of nitrogens with zero attached hydrogens (tertiary/aromatic N) is 1. The number of anilines is 1. The fraction of sp³-hybridized carbons (Fsp3) is 0.561. The van der Waals surface area contributed by atoms with Gasteiger partial charge in [-0.1, -0.05) is 55.2 Å². The molecule has 0 spiro atoms.